The number of nitrogens with one attached hydrogen (secondary N) is 1. The number of hydrogen-bond acceptors (Lipinski definition) is 9. The largest absolute Gasteiger partial charge is 0.486 e. The normalized spacial score (nSPS) is 15.9. The van der Waals surface area contributed by atoms with Crippen LogP contribution < -0.4 is 24.6 Å². The van der Waals surface area contributed by atoms with Gasteiger partial charge in [-0.25, -0.2) is 19.9 Å². The lowest BCUT2D eigenvalue weighted by atomic mass is 10.2. The van der Waals surface area contributed by atoms with Gasteiger partial charge in [0.25, 0.3) is 0 Å². The first-order valence-electron chi connectivity index (χ1n) is 9.61. The third-order valence-corrected chi connectivity index (χ3v) is 4.91. The van der Waals surface area contributed by atoms with Crippen LogP contribution in [0.3, 0.4) is 0 Å². The fraction of sp³-hybridized carbons (Fsp3) is 0.300. The van der Waals surface area contributed by atoms with E-state index in [1.807, 2.05) is 30.3 Å². The minimum Gasteiger partial charge on any atom is -0.486 e. The average molecular weight is 391 g/mol. The Hall–Kier alpha value is -3.62. The van der Waals surface area contributed by atoms with Crippen LogP contribution in [0.2, 0.25) is 0 Å². The number of anilines is 4. The number of fused-ring (bicyclic) bond motifs is 1. The van der Waals surface area contributed by atoms with E-state index in [-0.39, 0.29) is 0 Å². The predicted molar refractivity (Wildman–Crippen MR) is 109 cm³/mol. The fourth-order valence-electron chi connectivity index (χ4n) is 3.45. The van der Waals surface area contributed by atoms with Gasteiger partial charge in [0, 0.05) is 56.4 Å². The minimum absolute atomic E-state index is 0.564. The third kappa shape index (κ3) is 3.84. The molecule has 1 aromatic carbocycles. The van der Waals surface area contributed by atoms with E-state index >= 15 is 0 Å². The Balaban J connectivity index is 1.26. The highest BCUT2D eigenvalue weighted by Gasteiger charge is 2.20. The van der Waals surface area contributed by atoms with Crippen LogP contribution >= 0.6 is 0 Å². The molecule has 9 heteroatoms. The van der Waals surface area contributed by atoms with Gasteiger partial charge < -0.3 is 24.6 Å². The van der Waals surface area contributed by atoms with Crippen molar-refractivity contribution in [2.24, 2.45) is 0 Å². The molecule has 1 fully saturated rings. The van der Waals surface area contributed by atoms with Gasteiger partial charge in [-0.2, -0.15) is 0 Å². The SMILES string of the molecule is c1cnc(N2CCN(c3cc(Nc4ccc5c(c4)OCCO5)ncn3)CC2)nc1. The second-order valence-electron chi connectivity index (χ2n) is 6.77. The molecule has 1 N–H and O–H groups in total. The van der Waals surface area contributed by atoms with E-state index in [0.29, 0.717) is 13.2 Å². The van der Waals surface area contributed by atoms with Gasteiger partial charge in [-0.3, -0.25) is 0 Å². The Morgan fingerprint density at radius 3 is 2.38 bits per heavy atom. The third-order valence-electron chi connectivity index (χ3n) is 4.91. The van der Waals surface area contributed by atoms with Crippen LogP contribution in [0.25, 0.3) is 0 Å². The molecule has 0 unspecified atom stereocenters. The van der Waals surface area contributed by atoms with Crippen molar-refractivity contribution in [3.05, 3.63) is 49.1 Å². The van der Waals surface area contributed by atoms with E-state index in [1.54, 1.807) is 18.7 Å². The van der Waals surface area contributed by atoms with Crippen LogP contribution in [0, 0.1) is 0 Å². The molecule has 9 nitrogen and oxygen atoms in total. The summed E-state index contributed by atoms with van der Waals surface area (Å²) in [6, 6.07) is 9.58. The summed E-state index contributed by atoms with van der Waals surface area (Å²) < 4.78 is 11.2. The molecule has 2 aliphatic heterocycles. The van der Waals surface area contributed by atoms with Crippen molar-refractivity contribution >= 4 is 23.3 Å². The van der Waals surface area contributed by atoms with Crippen LogP contribution in [0.5, 0.6) is 11.5 Å². The fourth-order valence-corrected chi connectivity index (χ4v) is 3.45. The summed E-state index contributed by atoms with van der Waals surface area (Å²) >= 11 is 0. The van der Waals surface area contributed by atoms with Crippen molar-refractivity contribution in [3.8, 4) is 11.5 Å². The van der Waals surface area contributed by atoms with Crippen molar-refractivity contribution < 1.29 is 9.47 Å². The number of nitrogens with zero attached hydrogens (tertiary/aromatic N) is 6. The van der Waals surface area contributed by atoms with Gasteiger partial charge in [-0.1, -0.05) is 0 Å². The maximum Gasteiger partial charge on any atom is 0.225 e. The van der Waals surface area contributed by atoms with E-state index in [2.05, 4.69) is 35.1 Å². The van der Waals surface area contributed by atoms with Gasteiger partial charge in [0.05, 0.1) is 0 Å². The Bertz CT molecular complexity index is 978. The van der Waals surface area contributed by atoms with Crippen LogP contribution in [-0.2, 0) is 0 Å². The zero-order chi connectivity index (χ0) is 19.5. The molecule has 0 spiro atoms. The van der Waals surface area contributed by atoms with Crippen molar-refractivity contribution in [1.82, 2.24) is 19.9 Å². The molecule has 3 aromatic rings. The second-order valence-corrected chi connectivity index (χ2v) is 6.77. The Morgan fingerprint density at radius 1 is 0.793 bits per heavy atom. The molecule has 2 aliphatic rings. The van der Waals surface area contributed by atoms with Crippen LogP contribution in [-0.4, -0.2) is 59.3 Å². The second kappa shape index (κ2) is 7.78. The van der Waals surface area contributed by atoms with E-state index in [0.717, 1.165) is 60.9 Å². The zero-order valence-corrected chi connectivity index (χ0v) is 15.9. The molecule has 29 heavy (non-hydrogen) atoms. The molecule has 0 amide bonds. The van der Waals surface area contributed by atoms with E-state index in [1.165, 1.54) is 0 Å². The Kier molecular flexibility index (Phi) is 4.69. The molecule has 5 rings (SSSR count). The molecule has 4 heterocycles. The quantitative estimate of drug-likeness (QED) is 0.718. The van der Waals surface area contributed by atoms with Crippen LogP contribution in [0.4, 0.5) is 23.3 Å². The molecule has 0 radical (unpaired) electrons. The summed E-state index contributed by atoms with van der Waals surface area (Å²) in [5, 5.41) is 3.32. The van der Waals surface area contributed by atoms with Crippen LogP contribution in [0.1, 0.15) is 0 Å². The van der Waals surface area contributed by atoms with Crippen molar-refractivity contribution in [2.45, 2.75) is 0 Å². The maximum atomic E-state index is 5.65. The lowest BCUT2D eigenvalue weighted by molar-refractivity contribution is 0.171. The number of piperazine rings is 1. The standard InChI is InChI=1S/C20H21N7O2/c1-4-21-20(22-5-1)27-8-6-26(7-9-27)19-13-18(23-14-24-19)25-15-2-3-16-17(12-15)29-11-10-28-16/h1-5,12-14H,6-11H2,(H,23,24,25). The molecule has 1 saturated heterocycles. The summed E-state index contributed by atoms with van der Waals surface area (Å²) in [6.07, 6.45) is 5.13. The molecule has 0 aliphatic carbocycles. The summed E-state index contributed by atoms with van der Waals surface area (Å²) in [5.41, 5.74) is 0.893. The molecule has 0 saturated carbocycles. The molecule has 0 atom stereocenters. The van der Waals surface area contributed by atoms with E-state index < -0.39 is 0 Å². The van der Waals surface area contributed by atoms with Crippen molar-refractivity contribution in [2.75, 3.05) is 54.5 Å². The molecular formula is C20H21N7O2. The van der Waals surface area contributed by atoms with E-state index in [4.69, 9.17) is 9.47 Å². The van der Waals surface area contributed by atoms with Gasteiger partial charge in [-0.15, -0.1) is 0 Å². The highest BCUT2D eigenvalue weighted by atomic mass is 16.6. The molecular weight excluding hydrogens is 370 g/mol. The van der Waals surface area contributed by atoms with Gasteiger partial charge in [0.15, 0.2) is 11.5 Å². The summed E-state index contributed by atoms with van der Waals surface area (Å²) in [5.74, 6) is 3.92. The Morgan fingerprint density at radius 2 is 1.55 bits per heavy atom. The summed E-state index contributed by atoms with van der Waals surface area (Å²) in [7, 11) is 0. The topological polar surface area (TPSA) is 88.5 Å². The van der Waals surface area contributed by atoms with Crippen molar-refractivity contribution in [1.29, 1.82) is 0 Å². The van der Waals surface area contributed by atoms with E-state index in [9.17, 15) is 0 Å². The molecule has 2 aromatic heterocycles. The van der Waals surface area contributed by atoms with Gasteiger partial charge >= 0.3 is 0 Å². The Labute approximate surface area is 168 Å². The highest BCUT2D eigenvalue weighted by Crippen LogP contribution is 2.33. The first-order valence-corrected chi connectivity index (χ1v) is 9.61. The smallest absolute Gasteiger partial charge is 0.225 e. The lowest BCUT2D eigenvalue weighted by Crippen LogP contribution is -2.47. The average Bonchev–Trinajstić information content (AvgIpc) is 2.80. The number of aromatic nitrogens is 4. The number of ether oxygens (including phenoxy) is 2. The van der Waals surface area contributed by atoms with Crippen molar-refractivity contribution in [3.63, 3.8) is 0 Å². The molecule has 0 bridgehead atoms. The zero-order valence-electron chi connectivity index (χ0n) is 15.9. The van der Waals surface area contributed by atoms with Crippen LogP contribution in [0.15, 0.2) is 49.1 Å². The minimum atomic E-state index is 0.564. The first-order chi connectivity index (χ1) is 14.3. The highest BCUT2D eigenvalue weighted by molar-refractivity contribution is 5.63. The van der Waals surface area contributed by atoms with Gasteiger partial charge in [-0.05, 0) is 18.2 Å². The number of benzene rings is 1. The van der Waals surface area contributed by atoms with Gasteiger partial charge in [0.1, 0.15) is 31.2 Å². The lowest BCUT2D eigenvalue weighted by Gasteiger charge is -2.35. The summed E-state index contributed by atoms with van der Waals surface area (Å²) in [6.45, 7) is 4.53. The molecule has 148 valence electrons. The maximum absolute atomic E-state index is 5.65. The number of rotatable bonds is 4. The first kappa shape index (κ1) is 17.5. The monoisotopic (exact) mass is 391 g/mol. The van der Waals surface area contributed by atoms with Gasteiger partial charge in [0.2, 0.25) is 5.95 Å². The predicted octanol–water partition coefficient (Wildman–Crippen LogP) is 2.11. The number of hydrogen-bond donors (Lipinski definition) is 1. The summed E-state index contributed by atoms with van der Waals surface area (Å²) in [4.78, 5) is 21.9.